The Kier molecular flexibility index (Phi) is 3.37. The summed E-state index contributed by atoms with van der Waals surface area (Å²) in [5, 5.41) is 0. The molecule has 0 aliphatic carbocycles. The molecule has 0 aliphatic rings. The van der Waals surface area contributed by atoms with E-state index in [1.54, 1.807) is 19.1 Å². The van der Waals surface area contributed by atoms with Crippen molar-refractivity contribution in [1.29, 1.82) is 0 Å². The Morgan fingerprint density at radius 2 is 1.83 bits per heavy atom. The highest BCUT2D eigenvalue weighted by Gasteiger charge is 2.08. The third-order valence-corrected chi connectivity index (χ3v) is 2.46. The normalized spacial score (nSPS) is 10.2. The van der Waals surface area contributed by atoms with Gasteiger partial charge in [0.25, 0.3) is 0 Å². The molecule has 2 aromatic carbocycles. The van der Waals surface area contributed by atoms with Gasteiger partial charge in [0.2, 0.25) is 0 Å². The minimum atomic E-state index is -0.660. The van der Waals surface area contributed by atoms with Crippen molar-refractivity contribution < 1.29 is 18.3 Å². The van der Waals surface area contributed by atoms with Crippen molar-refractivity contribution in [2.24, 2.45) is 0 Å². The van der Waals surface area contributed by atoms with Crippen molar-refractivity contribution in [3.8, 4) is 11.5 Å². The largest absolute Gasteiger partial charge is 0.454 e. The van der Waals surface area contributed by atoms with Crippen molar-refractivity contribution in [1.82, 2.24) is 0 Å². The van der Waals surface area contributed by atoms with Crippen LogP contribution in [0.2, 0.25) is 0 Å². The van der Waals surface area contributed by atoms with Gasteiger partial charge in [0.15, 0.2) is 11.6 Å². The summed E-state index contributed by atoms with van der Waals surface area (Å²) in [6.07, 6.45) is 0.661. The highest BCUT2D eigenvalue weighted by Crippen LogP contribution is 2.28. The maximum Gasteiger partial charge on any atom is 0.165 e. The van der Waals surface area contributed by atoms with Crippen molar-refractivity contribution in [2.45, 2.75) is 6.92 Å². The van der Waals surface area contributed by atoms with E-state index in [0.29, 0.717) is 17.6 Å². The quantitative estimate of drug-likeness (QED) is 0.770. The highest BCUT2D eigenvalue weighted by molar-refractivity contribution is 5.75. The molecule has 4 heteroatoms. The number of aryl methyl sites for hydroxylation is 1. The Bertz CT molecular complexity index is 594. The predicted octanol–water partition coefficient (Wildman–Crippen LogP) is 3.88. The van der Waals surface area contributed by atoms with E-state index < -0.39 is 11.6 Å². The SMILES string of the molecule is Cc1ccc(C=O)cc1Oc1cc(F)ccc1F. The molecule has 0 bridgehead atoms. The average Bonchev–Trinajstić information content (AvgIpc) is 2.36. The molecule has 2 aromatic rings. The number of halogens is 2. The third-order valence-electron chi connectivity index (χ3n) is 2.46. The van der Waals surface area contributed by atoms with Gasteiger partial charge in [-0.2, -0.15) is 0 Å². The molecular formula is C14H10F2O2. The van der Waals surface area contributed by atoms with E-state index in [9.17, 15) is 13.6 Å². The third kappa shape index (κ3) is 2.53. The van der Waals surface area contributed by atoms with Crippen LogP contribution in [-0.4, -0.2) is 6.29 Å². The minimum absolute atomic E-state index is 0.207. The first-order valence-corrected chi connectivity index (χ1v) is 5.29. The first kappa shape index (κ1) is 12.2. The first-order chi connectivity index (χ1) is 8.60. The zero-order valence-corrected chi connectivity index (χ0v) is 9.61. The Morgan fingerprint density at radius 3 is 2.56 bits per heavy atom. The number of carbonyl (C=O) groups is 1. The molecule has 0 fully saturated rings. The van der Waals surface area contributed by atoms with E-state index in [0.717, 1.165) is 23.8 Å². The lowest BCUT2D eigenvalue weighted by molar-refractivity contribution is 0.112. The zero-order valence-electron chi connectivity index (χ0n) is 9.61. The molecule has 92 valence electrons. The molecule has 0 radical (unpaired) electrons. The van der Waals surface area contributed by atoms with E-state index in [-0.39, 0.29) is 5.75 Å². The van der Waals surface area contributed by atoms with Gasteiger partial charge in [-0.25, -0.2) is 8.78 Å². The Hall–Kier alpha value is -2.23. The fourth-order valence-electron chi connectivity index (χ4n) is 1.47. The van der Waals surface area contributed by atoms with Crippen LogP contribution < -0.4 is 4.74 Å². The fraction of sp³-hybridized carbons (Fsp3) is 0.0714. The molecule has 0 saturated carbocycles. The van der Waals surface area contributed by atoms with Gasteiger partial charge in [0.1, 0.15) is 17.9 Å². The molecule has 0 aromatic heterocycles. The van der Waals surface area contributed by atoms with Crippen LogP contribution >= 0.6 is 0 Å². The van der Waals surface area contributed by atoms with Crippen LogP contribution in [0.1, 0.15) is 15.9 Å². The summed E-state index contributed by atoms with van der Waals surface area (Å²) in [4.78, 5) is 10.7. The fourth-order valence-corrected chi connectivity index (χ4v) is 1.47. The molecular weight excluding hydrogens is 238 g/mol. The summed E-state index contributed by atoms with van der Waals surface area (Å²) in [5.74, 6) is -1.13. The van der Waals surface area contributed by atoms with Crippen molar-refractivity contribution >= 4 is 6.29 Å². The highest BCUT2D eigenvalue weighted by atomic mass is 19.1. The van der Waals surface area contributed by atoms with Gasteiger partial charge in [-0.3, -0.25) is 4.79 Å². The summed E-state index contributed by atoms with van der Waals surface area (Å²) in [5.41, 5.74) is 1.14. The van der Waals surface area contributed by atoms with Gasteiger partial charge in [-0.05, 0) is 30.7 Å². The molecule has 0 heterocycles. The van der Waals surface area contributed by atoms with Gasteiger partial charge in [-0.15, -0.1) is 0 Å². The second kappa shape index (κ2) is 4.96. The van der Waals surface area contributed by atoms with E-state index in [1.807, 2.05) is 0 Å². The summed E-state index contributed by atoms with van der Waals surface area (Å²) in [6.45, 7) is 1.75. The van der Waals surface area contributed by atoms with Crippen molar-refractivity contribution in [3.63, 3.8) is 0 Å². The topological polar surface area (TPSA) is 26.3 Å². The Morgan fingerprint density at radius 1 is 1.06 bits per heavy atom. The molecule has 2 rings (SSSR count). The first-order valence-electron chi connectivity index (χ1n) is 5.29. The van der Waals surface area contributed by atoms with Crippen molar-refractivity contribution in [3.05, 3.63) is 59.2 Å². The molecule has 0 spiro atoms. The number of carbonyl (C=O) groups excluding carboxylic acids is 1. The zero-order chi connectivity index (χ0) is 13.1. The van der Waals surface area contributed by atoms with Crippen LogP contribution in [0.3, 0.4) is 0 Å². The van der Waals surface area contributed by atoms with Gasteiger partial charge in [0.05, 0.1) is 0 Å². The standard InChI is InChI=1S/C14H10F2O2/c1-9-2-3-10(8-17)6-13(9)18-14-7-11(15)4-5-12(14)16/h2-8H,1H3. The second-order valence-electron chi connectivity index (χ2n) is 3.82. The smallest absolute Gasteiger partial charge is 0.165 e. The van der Waals surface area contributed by atoms with Gasteiger partial charge >= 0.3 is 0 Å². The van der Waals surface area contributed by atoms with Crippen LogP contribution in [0, 0.1) is 18.6 Å². The van der Waals surface area contributed by atoms with Gasteiger partial charge in [0, 0.05) is 11.6 Å². The lowest BCUT2D eigenvalue weighted by Crippen LogP contribution is -1.93. The molecule has 0 saturated heterocycles. The molecule has 0 unspecified atom stereocenters. The molecule has 0 amide bonds. The van der Waals surface area contributed by atoms with Crippen LogP contribution in [-0.2, 0) is 0 Å². The number of rotatable bonds is 3. The summed E-state index contributed by atoms with van der Waals surface area (Å²) in [7, 11) is 0. The van der Waals surface area contributed by atoms with Gasteiger partial charge < -0.3 is 4.74 Å². The number of aldehydes is 1. The second-order valence-corrected chi connectivity index (χ2v) is 3.82. The molecule has 2 nitrogen and oxygen atoms in total. The van der Waals surface area contributed by atoms with E-state index in [1.165, 1.54) is 6.07 Å². The lowest BCUT2D eigenvalue weighted by atomic mass is 10.1. The number of ether oxygens (including phenoxy) is 1. The van der Waals surface area contributed by atoms with Crippen LogP contribution in [0.25, 0.3) is 0 Å². The summed E-state index contributed by atoms with van der Waals surface area (Å²) >= 11 is 0. The Balaban J connectivity index is 2.38. The predicted molar refractivity (Wildman–Crippen MR) is 63.0 cm³/mol. The monoisotopic (exact) mass is 248 g/mol. The maximum absolute atomic E-state index is 13.4. The summed E-state index contributed by atoms with van der Waals surface area (Å²) in [6, 6.07) is 7.74. The molecule has 18 heavy (non-hydrogen) atoms. The number of benzene rings is 2. The molecule has 0 N–H and O–H groups in total. The number of hydrogen-bond acceptors (Lipinski definition) is 2. The van der Waals surface area contributed by atoms with Crippen LogP contribution in [0.4, 0.5) is 8.78 Å². The molecule has 0 atom stereocenters. The van der Waals surface area contributed by atoms with Crippen LogP contribution in [0.15, 0.2) is 36.4 Å². The minimum Gasteiger partial charge on any atom is -0.454 e. The Labute approximate surface area is 103 Å². The van der Waals surface area contributed by atoms with Crippen molar-refractivity contribution in [2.75, 3.05) is 0 Å². The maximum atomic E-state index is 13.4. The van der Waals surface area contributed by atoms with E-state index >= 15 is 0 Å². The lowest BCUT2D eigenvalue weighted by Gasteiger charge is -2.10. The van der Waals surface area contributed by atoms with Gasteiger partial charge in [-0.1, -0.05) is 12.1 Å². The van der Waals surface area contributed by atoms with E-state index in [4.69, 9.17) is 4.74 Å². The van der Waals surface area contributed by atoms with Crippen LogP contribution in [0.5, 0.6) is 11.5 Å². The average molecular weight is 248 g/mol. The number of hydrogen-bond donors (Lipinski definition) is 0. The summed E-state index contributed by atoms with van der Waals surface area (Å²) < 4.78 is 31.7. The molecule has 0 aliphatic heterocycles. The van der Waals surface area contributed by atoms with E-state index in [2.05, 4.69) is 0 Å².